The lowest BCUT2D eigenvalue weighted by atomic mass is 10.1. The molecule has 22 heavy (non-hydrogen) atoms. The molecule has 0 aliphatic carbocycles. The average molecular weight is 355 g/mol. The number of nitrogens with zero attached hydrogens (tertiary/aromatic N) is 1. The number of rotatable bonds is 4. The molecule has 0 radical (unpaired) electrons. The number of hydrogen-bond donors (Lipinski definition) is 1. The Morgan fingerprint density at radius 1 is 1.18 bits per heavy atom. The first-order chi connectivity index (χ1) is 10.6. The van der Waals surface area contributed by atoms with Gasteiger partial charge < -0.3 is 5.32 Å². The van der Waals surface area contributed by atoms with Crippen molar-refractivity contribution in [3.05, 3.63) is 75.8 Å². The summed E-state index contributed by atoms with van der Waals surface area (Å²) in [5.74, 6) is -0.380. The Hall–Kier alpha value is -2.38. The van der Waals surface area contributed by atoms with E-state index < -0.39 is 0 Å². The quantitative estimate of drug-likeness (QED) is 0.659. The van der Waals surface area contributed by atoms with Crippen molar-refractivity contribution < 1.29 is 4.79 Å². The molecule has 0 aliphatic heterocycles. The van der Waals surface area contributed by atoms with Gasteiger partial charge in [-0.25, -0.2) is 0 Å². The molecule has 0 heterocycles. The molecule has 0 fully saturated rings. The third-order valence-electron chi connectivity index (χ3n) is 3.22. The Morgan fingerprint density at radius 2 is 1.82 bits per heavy atom. The molecule has 0 aromatic heterocycles. The molecule has 2 aromatic carbocycles. The van der Waals surface area contributed by atoms with Gasteiger partial charge in [0.1, 0.15) is 11.6 Å². The molecule has 0 bridgehead atoms. The Morgan fingerprint density at radius 3 is 2.45 bits per heavy atom. The summed E-state index contributed by atoms with van der Waals surface area (Å²) in [6, 6.07) is 18.9. The highest BCUT2D eigenvalue weighted by atomic mass is 79.9. The maximum absolute atomic E-state index is 12.3. The summed E-state index contributed by atoms with van der Waals surface area (Å²) in [4.78, 5) is 12.3. The lowest BCUT2D eigenvalue weighted by molar-refractivity contribution is -0.117. The molecule has 0 spiro atoms. The van der Waals surface area contributed by atoms with E-state index in [1.165, 1.54) is 0 Å². The summed E-state index contributed by atoms with van der Waals surface area (Å²) in [5, 5.41) is 12.1. The van der Waals surface area contributed by atoms with Crippen LogP contribution in [0.25, 0.3) is 6.08 Å². The zero-order valence-corrected chi connectivity index (χ0v) is 13.7. The largest absolute Gasteiger partial charge is 0.345 e. The van der Waals surface area contributed by atoms with Crippen LogP contribution in [0.2, 0.25) is 0 Å². The highest BCUT2D eigenvalue weighted by Gasteiger charge is 2.14. The van der Waals surface area contributed by atoms with E-state index in [-0.39, 0.29) is 17.5 Å². The normalized spacial score (nSPS) is 12.3. The fraction of sp³-hybridized carbons (Fsp3) is 0.111. The van der Waals surface area contributed by atoms with Crippen LogP contribution in [0.1, 0.15) is 24.1 Å². The summed E-state index contributed by atoms with van der Waals surface area (Å²) in [6.07, 6.45) is 1.58. The monoisotopic (exact) mass is 354 g/mol. The van der Waals surface area contributed by atoms with Crippen LogP contribution in [0, 0.1) is 11.3 Å². The molecular weight excluding hydrogens is 340 g/mol. The summed E-state index contributed by atoms with van der Waals surface area (Å²) in [5.41, 5.74) is 1.87. The molecule has 110 valence electrons. The predicted octanol–water partition coefficient (Wildman–Crippen LogP) is 4.23. The number of amides is 1. The van der Waals surface area contributed by atoms with E-state index in [0.29, 0.717) is 0 Å². The fourth-order valence-electron chi connectivity index (χ4n) is 2.00. The van der Waals surface area contributed by atoms with Gasteiger partial charge in [-0.15, -0.1) is 0 Å². The molecule has 0 saturated carbocycles. The van der Waals surface area contributed by atoms with Gasteiger partial charge in [-0.3, -0.25) is 4.79 Å². The smallest absolute Gasteiger partial charge is 0.262 e. The average Bonchev–Trinajstić information content (AvgIpc) is 2.54. The lowest BCUT2D eigenvalue weighted by Gasteiger charge is -2.13. The van der Waals surface area contributed by atoms with E-state index in [2.05, 4.69) is 21.2 Å². The molecule has 2 rings (SSSR count). The standard InChI is InChI=1S/C18H15BrN2O/c1-13(14-7-3-2-4-8-14)21-18(22)16(12-20)11-15-9-5-6-10-17(15)19/h2-11,13H,1H3,(H,21,22)/b16-11+/t13-/m0/s1. The summed E-state index contributed by atoms with van der Waals surface area (Å²) < 4.78 is 0.839. The van der Waals surface area contributed by atoms with Crippen molar-refractivity contribution in [2.45, 2.75) is 13.0 Å². The third kappa shape index (κ3) is 4.06. The van der Waals surface area contributed by atoms with Crippen molar-refractivity contribution in [1.29, 1.82) is 5.26 Å². The number of carbonyl (C=O) groups is 1. The summed E-state index contributed by atoms with van der Waals surface area (Å²) in [7, 11) is 0. The molecular formula is C18H15BrN2O. The minimum absolute atomic E-state index is 0.0784. The highest BCUT2D eigenvalue weighted by Crippen LogP contribution is 2.19. The molecule has 2 aromatic rings. The minimum atomic E-state index is -0.380. The lowest BCUT2D eigenvalue weighted by Crippen LogP contribution is -2.27. The van der Waals surface area contributed by atoms with Gasteiger partial charge in [0.15, 0.2) is 0 Å². The molecule has 3 nitrogen and oxygen atoms in total. The Kier molecular flexibility index (Phi) is 5.51. The van der Waals surface area contributed by atoms with Crippen molar-refractivity contribution in [2.24, 2.45) is 0 Å². The number of hydrogen-bond acceptors (Lipinski definition) is 2. The van der Waals surface area contributed by atoms with Crippen molar-refractivity contribution >= 4 is 27.9 Å². The number of nitrogens with one attached hydrogen (secondary N) is 1. The van der Waals surface area contributed by atoms with Crippen LogP contribution in [-0.4, -0.2) is 5.91 Å². The molecule has 1 amide bonds. The first-order valence-corrected chi connectivity index (χ1v) is 7.63. The molecule has 0 saturated heterocycles. The number of carbonyl (C=O) groups excluding carboxylic acids is 1. The SMILES string of the molecule is C[C@H](NC(=O)/C(C#N)=C/c1ccccc1Br)c1ccccc1. The zero-order valence-electron chi connectivity index (χ0n) is 12.1. The Balaban J connectivity index is 2.17. The molecule has 4 heteroatoms. The van der Waals surface area contributed by atoms with Gasteiger partial charge in [0, 0.05) is 4.47 Å². The van der Waals surface area contributed by atoms with Crippen molar-refractivity contribution in [1.82, 2.24) is 5.32 Å². The van der Waals surface area contributed by atoms with E-state index in [4.69, 9.17) is 0 Å². The fourth-order valence-corrected chi connectivity index (χ4v) is 2.39. The number of nitriles is 1. The van der Waals surface area contributed by atoms with Crippen LogP contribution in [0.4, 0.5) is 0 Å². The van der Waals surface area contributed by atoms with Crippen LogP contribution in [-0.2, 0) is 4.79 Å². The van der Waals surface area contributed by atoms with Gasteiger partial charge in [0.05, 0.1) is 6.04 Å². The van der Waals surface area contributed by atoms with Gasteiger partial charge in [0.2, 0.25) is 0 Å². The van der Waals surface area contributed by atoms with Crippen molar-refractivity contribution in [2.75, 3.05) is 0 Å². The van der Waals surface area contributed by atoms with Gasteiger partial charge in [-0.05, 0) is 30.2 Å². The van der Waals surface area contributed by atoms with Crippen LogP contribution in [0.3, 0.4) is 0 Å². The zero-order chi connectivity index (χ0) is 15.9. The number of benzene rings is 2. The maximum Gasteiger partial charge on any atom is 0.262 e. The molecule has 0 unspecified atom stereocenters. The van der Waals surface area contributed by atoms with E-state index >= 15 is 0 Å². The van der Waals surface area contributed by atoms with Crippen molar-refractivity contribution in [3.8, 4) is 6.07 Å². The second kappa shape index (κ2) is 7.58. The minimum Gasteiger partial charge on any atom is -0.345 e. The Labute approximate surface area is 138 Å². The van der Waals surface area contributed by atoms with E-state index in [1.807, 2.05) is 67.6 Å². The first kappa shape index (κ1) is 16.0. The Bertz CT molecular complexity index is 732. The van der Waals surface area contributed by atoms with Crippen LogP contribution >= 0.6 is 15.9 Å². The molecule has 1 N–H and O–H groups in total. The number of halogens is 1. The van der Waals surface area contributed by atoms with Crippen molar-refractivity contribution in [3.63, 3.8) is 0 Å². The van der Waals surface area contributed by atoms with Gasteiger partial charge >= 0.3 is 0 Å². The highest BCUT2D eigenvalue weighted by molar-refractivity contribution is 9.10. The summed E-state index contributed by atoms with van der Waals surface area (Å²) >= 11 is 3.40. The first-order valence-electron chi connectivity index (χ1n) is 6.84. The van der Waals surface area contributed by atoms with Crippen LogP contribution in [0.5, 0.6) is 0 Å². The van der Waals surface area contributed by atoms with E-state index in [0.717, 1.165) is 15.6 Å². The van der Waals surface area contributed by atoms with Gasteiger partial charge in [-0.2, -0.15) is 5.26 Å². The second-order valence-electron chi connectivity index (χ2n) is 4.80. The van der Waals surface area contributed by atoms with Gasteiger partial charge in [0.25, 0.3) is 5.91 Å². The van der Waals surface area contributed by atoms with Crippen LogP contribution < -0.4 is 5.32 Å². The third-order valence-corrected chi connectivity index (χ3v) is 3.94. The van der Waals surface area contributed by atoms with E-state index in [1.54, 1.807) is 6.08 Å². The topological polar surface area (TPSA) is 52.9 Å². The molecule has 1 atom stereocenters. The maximum atomic E-state index is 12.3. The summed E-state index contributed by atoms with van der Waals surface area (Å²) in [6.45, 7) is 1.89. The van der Waals surface area contributed by atoms with Crippen LogP contribution in [0.15, 0.2) is 64.6 Å². The van der Waals surface area contributed by atoms with E-state index in [9.17, 15) is 10.1 Å². The molecule has 0 aliphatic rings. The predicted molar refractivity (Wildman–Crippen MR) is 90.7 cm³/mol. The second-order valence-corrected chi connectivity index (χ2v) is 5.65. The van der Waals surface area contributed by atoms with Gasteiger partial charge in [-0.1, -0.05) is 64.5 Å².